The Kier molecular flexibility index (Phi) is 6.89. The molecule has 0 aromatic heterocycles. The van der Waals surface area contributed by atoms with E-state index in [2.05, 4.69) is 0 Å². The molecule has 0 bridgehead atoms. The van der Waals surface area contributed by atoms with E-state index in [-0.39, 0.29) is 5.97 Å². The highest BCUT2D eigenvalue weighted by atomic mass is 16.5. The van der Waals surface area contributed by atoms with Crippen molar-refractivity contribution >= 4 is 12.3 Å². The monoisotopic (exact) mass is 208 g/mol. The molecule has 0 aromatic carbocycles. The predicted octanol–water partition coefficient (Wildman–Crippen LogP) is 2.20. The second kappa shape index (κ2) is 7.74. The second-order valence-corrected chi connectivity index (χ2v) is 2.98. The molecule has 0 aromatic rings. The SMILES string of the molecule is CCOC(=O)/C(C)=C/C=C/C=C(/C)C=O. The van der Waals surface area contributed by atoms with Crippen molar-refractivity contribution in [2.24, 2.45) is 0 Å². The van der Waals surface area contributed by atoms with Crippen molar-refractivity contribution in [3.05, 3.63) is 35.5 Å². The van der Waals surface area contributed by atoms with Crippen LogP contribution in [0.2, 0.25) is 0 Å². The summed E-state index contributed by atoms with van der Waals surface area (Å²) in [5.74, 6) is -0.321. The van der Waals surface area contributed by atoms with Crippen molar-refractivity contribution in [3.8, 4) is 0 Å². The lowest BCUT2D eigenvalue weighted by molar-refractivity contribution is -0.138. The molecule has 3 heteroatoms. The van der Waals surface area contributed by atoms with Gasteiger partial charge in [0.05, 0.1) is 6.61 Å². The Morgan fingerprint density at radius 3 is 2.33 bits per heavy atom. The Morgan fingerprint density at radius 1 is 1.20 bits per heavy atom. The molecule has 0 N–H and O–H groups in total. The van der Waals surface area contributed by atoms with Crippen molar-refractivity contribution < 1.29 is 14.3 Å². The smallest absolute Gasteiger partial charge is 0.333 e. The zero-order valence-electron chi connectivity index (χ0n) is 9.32. The van der Waals surface area contributed by atoms with Crippen LogP contribution in [0.25, 0.3) is 0 Å². The molecule has 15 heavy (non-hydrogen) atoms. The highest BCUT2D eigenvalue weighted by Gasteiger charge is 2.01. The minimum Gasteiger partial charge on any atom is -0.463 e. The number of carbonyl (C=O) groups excluding carboxylic acids is 2. The molecule has 0 aliphatic heterocycles. The minimum absolute atomic E-state index is 0.321. The summed E-state index contributed by atoms with van der Waals surface area (Å²) < 4.78 is 4.79. The van der Waals surface area contributed by atoms with E-state index in [1.165, 1.54) is 0 Å². The van der Waals surface area contributed by atoms with E-state index >= 15 is 0 Å². The van der Waals surface area contributed by atoms with Crippen molar-refractivity contribution in [1.82, 2.24) is 0 Å². The van der Waals surface area contributed by atoms with E-state index in [1.807, 2.05) is 0 Å². The van der Waals surface area contributed by atoms with Crippen LogP contribution in [-0.2, 0) is 14.3 Å². The van der Waals surface area contributed by atoms with Gasteiger partial charge >= 0.3 is 5.97 Å². The molecule has 3 nitrogen and oxygen atoms in total. The largest absolute Gasteiger partial charge is 0.463 e. The van der Waals surface area contributed by atoms with Crippen LogP contribution in [0.4, 0.5) is 0 Å². The highest BCUT2D eigenvalue weighted by Crippen LogP contribution is 1.97. The molecule has 82 valence electrons. The summed E-state index contributed by atoms with van der Waals surface area (Å²) in [5, 5.41) is 0. The van der Waals surface area contributed by atoms with Gasteiger partial charge in [-0.25, -0.2) is 4.79 Å². The van der Waals surface area contributed by atoms with Gasteiger partial charge in [-0.05, 0) is 26.3 Å². The summed E-state index contributed by atoms with van der Waals surface area (Å²) in [6, 6.07) is 0. The van der Waals surface area contributed by atoms with Gasteiger partial charge in [-0.3, -0.25) is 4.79 Å². The first-order valence-corrected chi connectivity index (χ1v) is 4.76. The maximum Gasteiger partial charge on any atom is 0.333 e. The molecule has 0 saturated heterocycles. The first kappa shape index (κ1) is 13.4. The van der Waals surface area contributed by atoms with E-state index in [0.717, 1.165) is 6.29 Å². The molecule has 0 fully saturated rings. The maximum atomic E-state index is 11.1. The average Bonchev–Trinajstić information content (AvgIpc) is 2.23. The minimum atomic E-state index is -0.321. The molecule has 0 heterocycles. The Hall–Kier alpha value is -1.64. The summed E-state index contributed by atoms with van der Waals surface area (Å²) in [6.07, 6.45) is 7.48. The average molecular weight is 208 g/mol. The first-order chi connectivity index (χ1) is 7.11. The van der Waals surface area contributed by atoms with Gasteiger partial charge in [-0.1, -0.05) is 24.3 Å². The Labute approximate surface area is 90.1 Å². The summed E-state index contributed by atoms with van der Waals surface area (Å²) >= 11 is 0. The number of hydrogen-bond donors (Lipinski definition) is 0. The predicted molar refractivity (Wildman–Crippen MR) is 59.4 cm³/mol. The molecule has 0 radical (unpaired) electrons. The Balaban J connectivity index is 4.27. The van der Waals surface area contributed by atoms with Crippen molar-refractivity contribution in [1.29, 1.82) is 0 Å². The Bertz CT molecular complexity index is 309. The summed E-state index contributed by atoms with van der Waals surface area (Å²) in [7, 11) is 0. The zero-order chi connectivity index (χ0) is 11.7. The van der Waals surface area contributed by atoms with Crippen molar-refractivity contribution in [2.45, 2.75) is 20.8 Å². The van der Waals surface area contributed by atoms with E-state index in [4.69, 9.17) is 4.74 Å². The number of carbonyl (C=O) groups is 2. The van der Waals surface area contributed by atoms with Crippen molar-refractivity contribution in [3.63, 3.8) is 0 Å². The van der Waals surface area contributed by atoms with Crippen LogP contribution in [0.1, 0.15) is 20.8 Å². The highest BCUT2D eigenvalue weighted by molar-refractivity contribution is 5.88. The zero-order valence-corrected chi connectivity index (χ0v) is 9.32. The quantitative estimate of drug-likeness (QED) is 0.301. The van der Waals surface area contributed by atoms with Gasteiger partial charge in [0.1, 0.15) is 6.29 Å². The molecular weight excluding hydrogens is 192 g/mol. The third-order valence-corrected chi connectivity index (χ3v) is 1.60. The fourth-order valence-electron chi connectivity index (χ4n) is 0.759. The van der Waals surface area contributed by atoms with Gasteiger partial charge in [0.2, 0.25) is 0 Å². The number of aldehydes is 1. The molecule has 0 aliphatic carbocycles. The van der Waals surface area contributed by atoms with Crippen LogP contribution in [0.3, 0.4) is 0 Å². The molecule has 0 aliphatic rings. The fourth-order valence-corrected chi connectivity index (χ4v) is 0.759. The molecule has 0 unspecified atom stereocenters. The standard InChI is InChI=1S/C12H16O3/c1-4-15-12(14)11(3)8-6-5-7-10(2)9-13/h5-9H,4H2,1-3H3/b6-5+,10-7-,11-8+. The van der Waals surface area contributed by atoms with Crippen LogP contribution >= 0.6 is 0 Å². The lowest BCUT2D eigenvalue weighted by Gasteiger charge is -1.98. The maximum absolute atomic E-state index is 11.1. The molecular formula is C12H16O3. The fraction of sp³-hybridized carbons (Fsp3) is 0.333. The van der Waals surface area contributed by atoms with Gasteiger partial charge in [-0.15, -0.1) is 0 Å². The number of ether oxygens (including phenoxy) is 1. The normalized spacial score (nSPS) is 13.0. The van der Waals surface area contributed by atoms with Crippen molar-refractivity contribution in [2.75, 3.05) is 6.61 Å². The number of hydrogen-bond acceptors (Lipinski definition) is 3. The third kappa shape index (κ3) is 6.43. The van der Waals surface area contributed by atoms with E-state index < -0.39 is 0 Å². The molecule has 0 atom stereocenters. The van der Waals surface area contributed by atoms with Crippen LogP contribution < -0.4 is 0 Å². The molecule has 0 rings (SSSR count). The van der Waals surface area contributed by atoms with Crippen LogP contribution in [0, 0.1) is 0 Å². The first-order valence-electron chi connectivity index (χ1n) is 4.76. The Morgan fingerprint density at radius 2 is 1.80 bits per heavy atom. The number of allylic oxidation sites excluding steroid dienone is 5. The molecule has 0 spiro atoms. The number of rotatable bonds is 5. The summed E-state index contributed by atoms with van der Waals surface area (Å²) in [5.41, 5.74) is 1.17. The molecule has 0 saturated carbocycles. The van der Waals surface area contributed by atoms with E-state index in [0.29, 0.717) is 17.8 Å². The second-order valence-electron chi connectivity index (χ2n) is 2.98. The van der Waals surface area contributed by atoms with Gasteiger partial charge < -0.3 is 4.74 Å². The third-order valence-electron chi connectivity index (χ3n) is 1.60. The van der Waals surface area contributed by atoms with Gasteiger partial charge in [-0.2, -0.15) is 0 Å². The van der Waals surface area contributed by atoms with Gasteiger partial charge in [0.25, 0.3) is 0 Å². The summed E-state index contributed by atoms with van der Waals surface area (Å²) in [6.45, 7) is 5.52. The lowest BCUT2D eigenvalue weighted by Crippen LogP contribution is -2.04. The lowest BCUT2D eigenvalue weighted by atomic mass is 10.2. The van der Waals surface area contributed by atoms with Gasteiger partial charge in [0.15, 0.2) is 0 Å². The van der Waals surface area contributed by atoms with E-state index in [9.17, 15) is 9.59 Å². The number of esters is 1. The molecule has 0 amide bonds. The summed E-state index contributed by atoms with van der Waals surface area (Å²) in [4.78, 5) is 21.4. The van der Waals surface area contributed by atoms with Crippen LogP contribution in [-0.4, -0.2) is 18.9 Å². The van der Waals surface area contributed by atoms with Gasteiger partial charge in [0, 0.05) is 5.57 Å². The van der Waals surface area contributed by atoms with E-state index in [1.54, 1.807) is 45.1 Å². The van der Waals surface area contributed by atoms with Crippen LogP contribution in [0.5, 0.6) is 0 Å². The van der Waals surface area contributed by atoms with Crippen LogP contribution in [0.15, 0.2) is 35.5 Å². The topological polar surface area (TPSA) is 43.4 Å².